The number of benzene rings is 1. The smallest absolute Gasteiger partial charge is 0.333 e. The first-order valence-electron chi connectivity index (χ1n) is 6.78. The number of rotatable bonds is 4. The number of carbonyl (C=O) groups is 1. The number of aromatic nitrogens is 4. The first-order valence-corrected chi connectivity index (χ1v) is 6.78. The summed E-state index contributed by atoms with van der Waals surface area (Å²) in [4.78, 5) is 43.9. The normalized spacial score (nSPS) is 10.8. The molecule has 0 saturated heterocycles. The molecule has 8 nitrogen and oxygen atoms in total. The molecule has 0 aliphatic carbocycles. The molecular weight excluding hydrogens is 300 g/mol. The summed E-state index contributed by atoms with van der Waals surface area (Å²) in [5.74, 6) is -1.20. The monoisotopic (exact) mass is 312 g/mol. The van der Waals surface area contributed by atoms with Gasteiger partial charge in [0.05, 0.1) is 6.54 Å². The van der Waals surface area contributed by atoms with Gasteiger partial charge in [-0.05, 0) is 5.56 Å². The molecule has 0 spiro atoms. The van der Waals surface area contributed by atoms with Crippen LogP contribution in [0.15, 0.2) is 52.3 Å². The SMILES string of the molecule is O=C(O)Cn1c(=O)n(Cc2ccccc2)c(=O)c2nccnc21. The van der Waals surface area contributed by atoms with Crippen LogP contribution in [0.2, 0.25) is 0 Å². The van der Waals surface area contributed by atoms with Crippen LogP contribution in [0.5, 0.6) is 0 Å². The highest BCUT2D eigenvalue weighted by Crippen LogP contribution is 2.03. The summed E-state index contributed by atoms with van der Waals surface area (Å²) >= 11 is 0. The third-order valence-corrected chi connectivity index (χ3v) is 3.32. The zero-order chi connectivity index (χ0) is 16.4. The molecule has 0 aliphatic rings. The van der Waals surface area contributed by atoms with E-state index in [9.17, 15) is 14.4 Å². The summed E-state index contributed by atoms with van der Waals surface area (Å²) in [6, 6.07) is 8.94. The topological polar surface area (TPSA) is 107 Å². The Morgan fingerprint density at radius 1 is 1.04 bits per heavy atom. The molecule has 0 saturated carbocycles. The second-order valence-electron chi connectivity index (χ2n) is 4.87. The largest absolute Gasteiger partial charge is 0.480 e. The van der Waals surface area contributed by atoms with Gasteiger partial charge in [0.1, 0.15) is 6.54 Å². The molecule has 0 unspecified atom stereocenters. The van der Waals surface area contributed by atoms with Gasteiger partial charge in [-0.2, -0.15) is 0 Å². The fourth-order valence-corrected chi connectivity index (χ4v) is 2.31. The summed E-state index contributed by atoms with van der Waals surface area (Å²) in [5, 5.41) is 9.01. The predicted molar refractivity (Wildman–Crippen MR) is 81.2 cm³/mol. The van der Waals surface area contributed by atoms with Crippen molar-refractivity contribution in [1.82, 2.24) is 19.1 Å². The molecule has 23 heavy (non-hydrogen) atoms. The Bertz CT molecular complexity index is 992. The minimum atomic E-state index is -1.20. The van der Waals surface area contributed by atoms with E-state index in [1.165, 1.54) is 12.4 Å². The quantitative estimate of drug-likeness (QED) is 0.731. The molecule has 8 heteroatoms. The lowest BCUT2D eigenvalue weighted by Crippen LogP contribution is -2.42. The Kier molecular flexibility index (Phi) is 3.71. The molecule has 0 radical (unpaired) electrons. The average Bonchev–Trinajstić information content (AvgIpc) is 2.56. The van der Waals surface area contributed by atoms with Crippen LogP contribution >= 0.6 is 0 Å². The molecule has 0 atom stereocenters. The van der Waals surface area contributed by atoms with Crippen LogP contribution in [0.25, 0.3) is 11.2 Å². The molecule has 1 N–H and O–H groups in total. The van der Waals surface area contributed by atoms with Gasteiger partial charge in [0, 0.05) is 12.4 Å². The molecule has 0 bridgehead atoms. The summed E-state index contributed by atoms with van der Waals surface area (Å²) < 4.78 is 1.91. The number of aliphatic carboxylic acids is 1. The van der Waals surface area contributed by atoms with E-state index in [1.54, 1.807) is 24.3 Å². The van der Waals surface area contributed by atoms with E-state index in [2.05, 4.69) is 9.97 Å². The molecular formula is C15H12N4O4. The lowest BCUT2D eigenvalue weighted by molar-refractivity contribution is -0.137. The highest BCUT2D eigenvalue weighted by atomic mass is 16.4. The molecule has 0 amide bonds. The van der Waals surface area contributed by atoms with Crippen molar-refractivity contribution < 1.29 is 9.90 Å². The molecule has 0 aliphatic heterocycles. The Balaban J connectivity index is 2.27. The van der Waals surface area contributed by atoms with E-state index < -0.39 is 23.8 Å². The van der Waals surface area contributed by atoms with Gasteiger partial charge >= 0.3 is 11.7 Å². The second kappa shape index (κ2) is 5.84. The Labute approximate surface area is 129 Å². The highest BCUT2D eigenvalue weighted by Gasteiger charge is 2.16. The molecule has 2 aromatic heterocycles. The minimum Gasteiger partial charge on any atom is -0.480 e. The third-order valence-electron chi connectivity index (χ3n) is 3.32. The highest BCUT2D eigenvalue weighted by molar-refractivity contribution is 5.72. The van der Waals surface area contributed by atoms with Crippen LogP contribution in [-0.2, 0) is 17.9 Å². The molecule has 3 aromatic rings. The van der Waals surface area contributed by atoms with Gasteiger partial charge in [0.25, 0.3) is 5.56 Å². The predicted octanol–water partition coefficient (Wildman–Crippen LogP) is 0.0861. The van der Waals surface area contributed by atoms with E-state index >= 15 is 0 Å². The van der Waals surface area contributed by atoms with Crippen molar-refractivity contribution in [1.29, 1.82) is 0 Å². The van der Waals surface area contributed by atoms with Crippen molar-refractivity contribution in [3.63, 3.8) is 0 Å². The van der Waals surface area contributed by atoms with E-state index in [4.69, 9.17) is 5.11 Å². The second-order valence-corrected chi connectivity index (χ2v) is 4.87. The van der Waals surface area contributed by atoms with Crippen LogP contribution in [0.1, 0.15) is 5.56 Å². The van der Waals surface area contributed by atoms with Crippen molar-refractivity contribution >= 4 is 17.1 Å². The van der Waals surface area contributed by atoms with Crippen molar-refractivity contribution in [3.8, 4) is 0 Å². The van der Waals surface area contributed by atoms with Gasteiger partial charge in [-0.25, -0.2) is 14.8 Å². The molecule has 2 heterocycles. The number of carboxylic acid groups (broad SMARTS) is 1. The fourth-order valence-electron chi connectivity index (χ4n) is 2.31. The lowest BCUT2D eigenvalue weighted by atomic mass is 10.2. The van der Waals surface area contributed by atoms with E-state index in [1.807, 2.05) is 6.07 Å². The number of hydrogen-bond acceptors (Lipinski definition) is 5. The van der Waals surface area contributed by atoms with Gasteiger partial charge in [-0.15, -0.1) is 0 Å². The number of nitrogens with zero attached hydrogens (tertiary/aromatic N) is 4. The number of hydrogen-bond donors (Lipinski definition) is 1. The van der Waals surface area contributed by atoms with Gasteiger partial charge in [0.2, 0.25) is 0 Å². The Hall–Kier alpha value is -3.29. The van der Waals surface area contributed by atoms with Crippen molar-refractivity contribution in [2.75, 3.05) is 0 Å². The summed E-state index contributed by atoms with van der Waals surface area (Å²) in [6.45, 7) is -0.562. The molecule has 3 rings (SSSR count). The fraction of sp³-hybridized carbons (Fsp3) is 0.133. The van der Waals surface area contributed by atoms with Gasteiger partial charge in [-0.3, -0.25) is 18.7 Å². The van der Waals surface area contributed by atoms with E-state index in [0.717, 1.165) is 14.7 Å². The van der Waals surface area contributed by atoms with Crippen LogP contribution in [-0.4, -0.2) is 30.2 Å². The van der Waals surface area contributed by atoms with Gasteiger partial charge in [-0.1, -0.05) is 30.3 Å². The van der Waals surface area contributed by atoms with Gasteiger partial charge < -0.3 is 5.11 Å². The average molecular weight is 312 g/mol. The molecule has 1 aromatic carbocycles. The van der Waals surface area contributed by atoms with Crippen molar-refractivity contribution in [2.24, 2.45) is 0 Å². The first-order chi connectivity index (χ1) is 11.1. The van der Waals surface area contributed by atoms with Crippen molar-refractivity contribution in [2.45, 2.75) is 13.1 Å². The van der Waals surface area contributed by atoms with Crippen molar-refractivity contribution in [3.05, 3.63) is 69.1 Å². The summed E-state index contributed by atoms with van der Waals surface area (Å²) in [6.07, 6.45) is 2.63. The number of fused-ring (bicyclic) bond motifs is 1. The summed E-state index contributed by atoms with van der Waals surface area (Å²) in [5.41, 5.74) is -0.645. The third kappa shape index (κ3) is 2.73. The maximum Gasteiger partial charge on any atom is 0.333 e. The Morgan fingerprint density at radius 3 is 2.43 bits per heavy atom. The minimum absolute atomic E-state index is 0.0324. The maximum absolute atomic E-state index is 12.5. The molecule has 116 valence electrons. The van der Waals surface area contributed by atoms with Crippen LogP contribution < -0.4 is 11.2 Å². The number of carboxylic acids is 1. The van der Waals surface area contributed by atoms with E-state index in [-0.39, 0.29) is 17.7 Å². The van der Waals surface area contributed by atoms with Crippen LogP contribution in [0, 0.1) is 0 Å². The molecule has 0 fully saturated rings. The van der Waals surface area contributed by atoms with Gasteiger partial charge in [0.15, 0.2) is 11.2 Å². The first kappa shape index (κ1) is 14.6. The lowest BCUT2D eigenvalue weighted by Gasteiger charge is -2.11. The standard InChI is InChI=1S/C15H12N4O4/c20-11(21)9-18-13-12(16-6-7-17-13)14(22)19(15(18)23)8-10-4-2-1-3-5-10/h1-7H,8-9H2,(H,20,21). The zero-order valence-electron chi connectivity index (χ0n) is 11.9. The summed E-state index contributed by atoms with van der Waals surface area (Å²) in [7, 11) is 0. The van der Waals surface area contributed by atoms with Crippen LogP contribution in [0.4, 0.5) is 0 Å². The van der Waals surface area contributed by atoms with E-state index in [0.29, 0.717) is 0 Å². The maximum atomic E-state index is 12.5. The zero-order valence-corrected chi connectivity index (χ0v) is 11.9. The van der Waals surface area contributed by atoms with Crippen LogP contribution in [0.3, 0.4) is 0 Å². The Morgan fingerprint density at radius 2 is 1.74 bits per heavy atom.